The molecule has 2 heterocycles. The van der Waals surface area contributed by atoms with Crippen LogP contribution >= 0.6 is 0 Å². The highest BCUT2D eigenvalue weighted by Crippen LogP contribution is 2.30. The van der Waals surface area contributed by atoms with Crippen molar-refractivity contribution >= 4 is 11.8 Å². The Labute approximate surface area is 123 Å². The number of nitrogens with two attached hydrogens (primary N) is 2. The lowest BCUT2D eigenvalue weighted by atomic mass is 9.89. The molecular formula is C15H18N4O2. The van der Waals surface area contributed by atoms with E-state index in [1.165, 1.54) is 0 Å². The molecule has 1 atom stereocenters. The Hall–Kier alpha value is -2.39. The smallest absolute Gasteiger partial charge is 0.272 e. The SMILES string of the molecule is CC1(C(N)=O)CCN(C(=O)c2ccc(C#CCN)cn2)C1. The fraction of sp³-hybridized carbons (Fsp3) is 0.400. The molecule has 1 aromatic heterocycles. The summed E-state index contributed by atoms with van der Waals surface area (Å²) in [5, 5.41) is 0. The zero-order valence-corrected chi connectivity index (χ0v) is 11.9. The third-order valence-corrected chi connectivity index (χ3v) is 3.67. The molecule has 6 nitrogen and oxygen atoms in total. The van der Waals surface area contributed by atoms with Crippen LogP contribution in [0.5, 0.6) is 0 Å². The van der Waals surface area contributed by atoms with Crippen LogP contribution in [0.4, 0.5) is 0 Å². The van der Waals surface area contributed by atoms with Crippen molar-refractivity contribution in [1.29, 1.82) is 0 Å². The van der Waals surface area contributed by atoms with E-state index in [9.17, 15) is 9.59 Å². The van der Waals surface area contributed by atoms with E-state index in [-0.39, 0.29) is 18.4 Å². The van der Waals surface area contributed by atoms with Gasteiger partial charge in [-0.1, -0.05) is 11.8 Å². The van der Waals surface area contributed by atoms with Crippen LogP contribution in [0.1, 0.15) is 29.4 Å². The summed E-state index contributed by atoms with van der Waals surface area (Å²) in [7, 11) is 0. The van der Waals surface area contributed by atoms with Crippen molar-refractivity contribution < 1.29 is 9.59 Å². The van der Waals surface area contributed by atoms with Gasteiger partial charge in [0.05, 0.1) is 12.0 Å². The third kappa shape index (κ3) is 3.20. The van der Waals surface area contributed by atoms with Gasteiger partial charge in [0, 0.05) is 24.8 Å². The zero-order valence-electron chi connectivity index (χ0n) is 11.9. The largest absolute Gasteiger partial charge is 0.369 e. The molecule has 1 unspecified atom stereocenters. The van der Waals surface area contributed by atoms with E-state index in [2.05, 4.69) is 16.8 Å². The normalized spacial score (nSPS) is 20.8. The highest BCUT2D eigenvalue weighted by Gasteiger charge is 2.40. The number of hydrogen-bond acceptors (Lipinski definition) is 4. The Kier molecular flexibility index (Phi) is 4.24. The molecule has 1 aliphatic rings. The van der Waals surface area contributed by atoms with Crippen molar-refractivity contribution in [2.24, 2.45) is 16.9 Å². The quantitative estimate of drug-likeness (QED) is 0.730. The highest BCUT2D eigenvalue weighted by molar-refractivity contribution is 5.93. The molecule has 1 aromatic rings. The molecule has 0 bridgehead atoms. The van der Waals surface area contributed by atoms with Crippen LogP contribution in [0.2, 0.25) is 0 Å². The predicted octanol–water partition coefficient (Wildman–Crippen LogP) is -0.271. The maximum Gasteiger partial charge on any atom is 0.272 e. The van der Waals surface area contributed by atoms with Crippen LogP contribution in [0.3, 0.4) is 0 Å². The minimum Gasteiger partial charge on any atom is -0.369 e. The van der Waals surface area contributed by atoms with Crippen molar-refractivity contribution in [2.75, 3.05) is 19.6 Å². The maximum atomic E-state index is 12.3. The van der Waals surface area contributed by atoms with Crippen LogP contribution in [-0.4, -0.2) is 41.3 Å². The molecular weight excluding hydrogens is 268 g/mol. The Morgan fingerprint density at radius 1 is 1.48 bits per heavy atom. The Bertz CT molecular complexity index is 615. The number of rotatable bonds is 2. The molecule has 0 radical (unpaired) electrons. The lowest BCUT2D eigenvalue weighted by Crippen LogP contribution is -2.38. The molecule has 110 valence electrons. The van der Waals surface area contributed by atoms with Gasteiger partial charge in [-0.05, 0) is 25.5 Å². The second kappa shape index (κ2) is 5.94. The van der Waals surface area contributed by atoms with Gasteiger partial charge in [0.15, 0.2) is 0 Å². The standard InChI is InChI=1S/C15H18N4O2/c1-15(14(17)21)6-8-19(10-15)13(20)12-5-4-11(9-18-12)3-2-7-16/h4-5,9H,6-8,10,16H2,1H3,(H2,17,21). The summed E-state index contributed by atoms with van der Waals surface area (Å²) < 4.78 is 0. The van der Waals surface area contributed by atoms with Gasteiger partial charge in [0.1, 0.15) is 5.69 Å². The summed E-state index contributed by atoms with van der Waals surface area (Å²) in [5.41, 5.74) is 11.1. The maximum absolute atomic E-state index is 12.3. The second-order valence-electron chi connectivity index (χ2n) is 5.34. The molecule has 0 aromatic carbocycles. The van der Waals surface area contributed by atoms with Crippen LogP contribution in [0.15, 0.2) is 18.3 Å². The van der Waals surface area contributed by atoms with Crippen LogP contribution in [0.25, 0.3) is 0 Å². The van der Waals surface area contributed by atoms with E-state index < -0.39 is 5.41 Å². The van der Waals surface area contributed by atoms with Crippen molar-refractivity contribution in [3.63, 3.8) is 0 Å². The molecule has 2 amide bonds. The van der Waals surface area contributed by atoms with Gasteiger partial charge in [-0.15, -0.1) is 0 Å². The molecule has 1 saturated heterocycles. The highest BCUT2D eigenvalue weighted by atomic mass is 16.2. The first-order valence-electron chi connectivity index (χ1n) is 6.70. The summed E-state index contributed by atoms with van der Waals surface area (Å²) in [5.74, 6) is 4.99. The lowest BCUT2D eigenvalue weighted by molar-refractivity contribution is -0.126. The van der Waals surface area contributed by atoms with Crippen LogP contribution in [0, 0.1) is 17.3 Å². The number of aromatic nitrogens is 1. The molecule has 0 spiro atoms. The number of carbonyl (C=O) groups excluding carboxylic acids is 2. The number of carbonyl (C=O) groups is 2. The Morgan fingerprint density at radius 3 is 2.76 bits per heavy atom. The number of hydrogen-bond donors (Lipinski definition) is 2. The van der Waals surface area contributed by atoms with Crippen molar-refractivity contribution in [2.45, 2.75) is 13.3 Å². The van der Waals surface area contributed by atoms with E-state index in [0.717, 1.165) is 0 Å². The molecule has 6 heteroatoms. The van der Waals surface area contributed by atoms with Gasteiger partial charge in [0.2, 0.25) is 5.91 Å². The van der Waals surface area contributed by atoms with E-state index in [1.807, 2.05) is 0 Å². The molecule has 2 rings (SSSR count). The summed E-state index contributed by atoms with van der Waals surface area (Å²) >= 11 is 0. The van der Waals surface area contributed by atoms with Gasteiger partial charge in [-0.3, -0.25) is 9.59 Å². The summed E-state index contributed by atoms with van der Waals surface area (Å²) in [4.78, 5) is 29.5. The Morgan fingerprint density at radius 2 is 2.24 bits per heavy atom. The van der Waals surface area contributed by atoms with Crippen molar-refractivity contribution in [3.05, 3.63) is 29.6 Å². The van der Waals surface area contributed by atoms with Crippen LogP contribution in [-0.2, 0) is 4.79 Å². The zero-order chi connectivity index (χ0) is 15.5. The van der Waals surface area contributed by atoms with E-state index in [0.29, 0.717) is 30.8 Å². The molecule has 0 saturated carbocycles. The lowest BCUT2D eigenvalue weighted by Gasteiger charge is -2.20. The van der Waals surface area contributed by atoms with Gasteiger partial charge < -0.3 is 16.4 Å². The van der Waals surface area contributed by atoms with Gasteiger partial charge in [0.25, 0.3) is 5.91 Å². The number of nitrogens with zero attached hydrogens (tertiary/aromatic N) is 2. The van der Waals surface area contributed by atoms with Gasteiger partial charge in [-0.25, -0.2) is 4.98 Å². The number of primary amides is 1. The van der Waals surface area contributed by atoms with Crippen molar-refractivity contribution in [3.8, 4) is 11.8 Å². The minimum atomic E-state index is -0.651. The number of amides is 2. The fourth-order valence-electron chi connectivity index (χ4n) is 2.24. The molecule has 0 aliphatic carbocycles. The van der Waals surface area contributed by atoms with E-state index in [1.54, 1.807) is 30.2 Å². The monoisotopic (exact) mass is 286 g/mol. The predicted molar refractivity (Wildman–Crippen MR) is 78.0 cm³/mol. The second-order valence-corrected chi connectivity index (χ2v) is 5.34. The van der Waals surface area contributed by atoms with Gasteiger partial charge >= 0.3 is 0 Å². The third-order valence-electron chi connectivity index (χ3n) is 3.67. The summed E-state index contributed by atoms with van der Waals surface area (Å²) in [6, 6.07) is 3.36. The first kappa shape index (κ1) is 15.0. The summed E-state index contributed by atoms with van der Waals surface area (Å²) in [6.07, 6.45) is 2.12. The molecule has 21 heavy (non-hydrogen) atoms. The fourth-order valence-corrected chi connectivity index (χ4v) is 2.24. The minimum absolute atomic E-state index is 0.196. The van der Waals surface area contributed by atoms with E-state index in [4.69, 9.17) is 11.5 Å². The average molecular weight is 286 g/mol. The number of pyridine rings is 1. The molecule has 1 fully saturated rings. The molecule has 1 aliphatic heterocycles. The first-order chi connectivity index (χ1) is 9.96. The first-order valence-corrected chi connectivity index (χ1v) is 6.70. The van der Waals surface area contributed by atoms with Crippen LogP contribution < -0.4 is 11.5 Å². The van der Waals surface area contributed by atoms with E-state index >= 15 is 0 Å². The van der Waals surface area contributed by atoms with Gasteiger partial charge in [-0.2, -0.15) is 0 Å². The topological polar surface area (TPSA) is 102 Å². The summed E-state index contributed by atoms with van der Waals surface area (Å²) in [6.45, 7) is 2.90. The molecule has 4 N–H and O–H groups in total. The number of likely N-dealkylation sites (tertiary alicyclic amines) is 1. The Balaban J connectivity index is 2.09. The van der Waals surface area contributed by atoms with Crippen molar-refractivity contribution in [1.82, 2.24) is 9.88 Å². The average Bonchev–Trinajstić information content (AvgIpc) is 2.89.